The zero-order valence-corrected chi connectivity index (χ0v) is 9.47. The molecule has 0 radical (unpaired) electrons. The van der Waals surface area contributed by atoms with Crippen molar-refractivity contribution in [2.45, 2.75) is 13.0 Å². The number of anilines is 1. The molecule has 0 aliphatic rings. The van der Waals surface area contributed by atoms with E-state index >= 15 is 0 Å². The SMILES string of the molecule is COCC(O)CN(C)c1cc(C)ccn1. The van der Waals surface area contributed by atoms with Crippen LogP contribution in [0.1, 0.15) is 5.56 Å². The Labute approximate surface area is 90.5 Å². The van der Waals surface area contributed by atoms with Crippen molar-refractivity contribution in [1.29, 1.82) is 0 Å². The van der Waals surface area contributed by atoms with Crippen LogP contribution in [-0.4, -0.2) is 43.5 Å². The Balaban J connectivity index is 2.56. The minimum absolute atomic E-state index is 0.343. The van der Waals surface area contributed by atoms with E-state index in [-0.39, 0.29) is 0 Å². The highest BCUT2D eigenvalue weighted by molar-refractivity contribution is 5.39. The van der Waals surface area contributed by atoms with Gasteiger partial charge in [-0.1, -0.05) is 0 Å². The molecule has 1 atom stereocenters. The first-order valence-corrected chi connectivity index (χ1v) is 4.94. The highest BCUT2D eigenvalue weighted by Gasteiger charge is 2.09. The van der Waals surface area contributed by atoms with E-state index < -0.39 is 6.10 Å². The second-order valence-electron chi connectivity index (χ2n) is 3.68. The van der Waals surface area contributed by atoms with Crippen LogP contribution in [0.25, 0.3) is 0 Å². The van der Waals surface area contributed by atoms with Gasteiger partial charge in [0.15, 0.2) is 0 Å². The minimum atomic E-state index is -0.484. The molecule has 84 valence electrons. The van der Waals surface area contributed by atoms with Gasteiger partial charge in [-0.05, 0) is 24.6 Å². The van der Waals surface area contributed by atoms with Crippen molar-refractivity contribution in [2.24, 2.45) is 0 Å². The van der Waals surface area contributed by atoms with Crippen LogP contribution < -0.4 is 4.90 Å². The molecule has 0 saturated heterocycles. The highest BCUT2D eigenvalue weighted by atomic mass is 16.5. The zero-order valence-electron chi connectivity index (χ0n) is 9.47. The molecule has 15 heavy (non-hydrogen) atoms. The van der Waals surface area contributed by atoms with Gasteiger partial charge in [-0.3, -0.25) is 0 Å². The van der Waals surface area contributed by atoms with Crippen molar-refractivity contribution in [3.63, 3.8) is 0 Å². The Morgan fingerprint density at radius 3 is 2.93 bits per heavy atom. The number of methoxy groups -OCH3 is 1. The quantitative estimate of drug-likeness (QED) is 0.782. The van der Waals surface area contributed by atoms with E-state index in [2.05, 4.69) is 4.98 Å². The van der Waals surface area contributed by atoms with Gasteiger partial charge in [-0.2, -0.15) is 0 Å². The van der Waals surface area contributed by atoms with Crippen LogP contribution >= 0.6 is 0 Å². The first-order chi connectivity index (χ1) is 7.13. The van der Waals surface area contributed by atoms with Crippen molar-refractivity contribution in [1.82, 2.24) is 4.98 Å². The number of rotatable bonds is 5. The van der Waals surface area contributed by atoms with Crippen LogP contribution in [0, 0.1) is 6.92 Å². The third-order valence-corrected chi connectivity index (χ3v) is 2.14. The first-order valence-electron chi connectivity index (χ1n) is 4.94. The van der Waals surface area contributed by atoms with Crippen LogP contribution in [0.4, 0.5) is 5.82 Å². The number of hydrogen-bond acceptors (Lipinski definition) is 4. The number of aliphatic hydroxyl groups excluding tert-OH is 1. The zero-order chi connectivity index (χ0) is 11.3. The van der Waals surface area contributed by atoms with Crippen molar-refractivity contribution >= 4 is 5.82 Å². The molecule has 0 aliphatic carbocycles. The summed E-state index contributed by atoms with van der Waals surface area (Å²) in [6.07, 6.45) is 1.28. The molecular weight excluding hydrogens is 192 g/mol. The summed E-state index contributed by atoms with van der Waals surface area (Å²) < 4.78 is 4.87. The molecule has 4 nitrogen and oxygen atoms in total. The molecule has 4 heteroatoms. The molecule has 1 N–H and O–H groups in total. The van der Waals surface area contributed by atoms with Gasteiger partial charge in [-0.25, -0.2) is 4.98 Å². The summed E-state index contributed by atoms with van der Waals surface area (Å²) in [7, 11) is 3.48. The second-order valence-corrected chi connectivity index (χ2v) is 3.68. The third-order valence-electron chi connectivity index (χ3n) is 2.14. The number of likely N-dealkylation sites (N-methyl/N-ethyl adjacent to an activating group) is 1. The fraction of sp³-hybridized carbons (Fsp3) is 0.545. The van der Waals surface area contributed by atoms with E-state index in [0.717, 1.165) is 11.4 Å². The fourth-order valence-corrected chi connectivity index (χ4v) is 1.38. The predicted octanol–water partition coefficient (Wildman–Crippen LogP) is 0.834. The molecule has 0 bridgehead atoms. The fourth-order valence-electron chi connectivity index (χ4n) is 1.38. The van der Waals surface area contributed by atoms with Crippen molar-refractivity contribution in [3.05, 3.63) is 23.9 Å². The molecule has 1 unspecified atom stereocenters. The Morgan fingerprint density at radius 2 is 2.33 bits per heavy atom. The largest absolute Gasteiger partial charge is 0.389 e. The Hall–Kier alpha value is -1.13. The van der Waals surface area contributed by atoms with Gasteiger partial charge in [0.1, 0.15) is 5.82 Å². The number of pyridine rings is 1. The maximum atomic E-state index is 9.56. The van der Waals surface area contributed by atoms with E-state index in [0.29, 0.717) is 13.2 Å². The summed E-state index contributed by atoms with van der Waals surface area (Å²) in [5.41, 5.74) is 1.16. The van der Waals surface area contributed by atoms with Crippen LogP contribution in [0.5, 0.6) is 0 Å². The topological polar surface area (TPSA) is 45.6 Å². The van der Waals surface area contributed by atoms with Gasteiger partial charge >= 0.3 is 0 Å². The van der Waals surface area contributed by atoms with Gasteiger partial charge in [-0.15, -0.1) is 0 Å². The molecule has 0 saturated carbocycles. The molecule has 1 rings (SSSR count). The number of aryl methyl sites for hydroxylation is 1. The standard InChI is InChI=1S/C11H18N2O2/c1-9-4-5-12-11(6-9)13(2)7-10(14)8-15-3/h4-6,10,14H,7-8H2,1-3H3. The monoisotopic (exact) mass is 210 g/mol. The van der Waals surface area contributed by atoms with Crippen LogP contribution in [0.15, 0.2) is 18.3 Å². The number of aliphatic hydroxyl groups is 1. The third kappa shape index (κ3) is 3.85. The lowest BCUT2D eigenvalue weighted by molar-refractivity contribution is 0.0694. The maximum Gasteiger partial charge on any atom is 0.128 e. The van der Waals surface area contributed by atoms with E-state index in [4.69, 9.17) is 4.74 Å². The van der Waals surface area contributed by atoms with Crippen molar-refractivity contribution < 1.29 is 9.84 Å². The van der Waals surface area contributed by atoms with Crippen LogP contribution in [0.3, 0.4) is 0 Å². The van der Waals surface area contributed by atoms with Gasteiger partial charge in [0, 0.05) is 26.9 Å². The molecular formula is C11H18N2O2. The molecule has 0 aromatic carbocycles. The number of nitrogens with zero attached hydrogens (tertiary/aromatic N) is 2. The van der Waals surface area contributed by atoms with E-state index in [9.17, 15) is 5.11 Å². The lowest BCUT2D eigenvalue weighted by Gasteiger charge is -2.21. The average Bonchev–Trinajstić information content (AvgIpc) is 2.18. The van der Waals surface area contributed by atoms with E-state index in [1.165, 1.54) is 0 Å². The summed E-state index contributed by atoms with van der Waals surface area (Å²) in [6, 6.07) is 3.93. The van der Waals surface area contributed by atoms with Gasteiger partial charge in [0.25, 0.3) is 0 Å². The van der Waals surface area contributed by atoms with E-state index in [1.807, 2.05) is 31.0 Å². The average molecular weight is 210 g/mol. The lowest BCUT2D eigenvalue weighted by atomic mass is 10.3. The Morgan fingerprint density at radius 1 is 1.60 bits per heavy atom. The van der Waals surface area contributed by atoms with Gasteiger partial charge in [0.2, 0.25) is 0 Å². The van der Waals surface area contributed by atoms with Crippen LogP contribution in [-0.2, 0) is 4.74 Å². The minimum Gasteiger partial charge on any atom is -0.389 e. The smallest absolute Gasteiger partial charge is 0.128 e. The summed E-state index contributed by atoms with van der Waals surface area (Å²) in [5, 5.41) is 9.56. The van der Waals surface area contributed by atoms with Crippen LogP contribution in [0.2, 0.25) is 0 Å². The molecule has 0 aliphatic heterocycles. The van der Waals surface area contributed by atoms with Gasteiger partial charge < -0.3 is 14.7 Å². The molecule has 1 aromatic rings. The van der Waals surface area contributed by atoms with Crippen molar-refractivity contribution in [2.75, 3.05) is 32.2 Å². The molecule has 0 amide bonds. The highest BCUT2D eigenvalue weighted by Crippen LogP contribution is 2.10. The number of ether oxygens (including phenoxy) is 1. The lowest BCUT2D eigenvalue weighted by Crippen LogP contribution is -2.32. The summed E-state index contributed by atoms with van der Waals surface area (Å²) in [4.78, 5) is 6.14. The summed E-state index contributed by atoms with van der Waals surface area (Å²) in [5.74, 6) is 0.866. The molecule has 1 heterocycles. The summed E-state index contributed by atoms with van der Waals surface area (Å²) >= 11 is 0. The number of aromatic nitrogens is 1. The molecule has 1 aromatic heterocycles. The summed E-state index contributed by atoms with van der Waals surface area (Å²) in [6.45, 7) is 2.88. The Bertz CT molecular complexity index is 304. The predicted molar refractivity (Wildman–Crippen MR) is 60.1 cm³/mol. The molecule has 0 fully saturated rings. The number of hydrogen-bond donors (Lipinski definition) is 1. The normalized spacial score (nSPS) is 12.5. The van der Waals surface area contributed by atoms with Gasteiger partial charge in [0.05, 0.1) is 12.7 Å². The second kappa shape index (κ2) is 5.68. The Kier molecular flexibility index (Phi) is 4.52. The van der Waals surface area contributed by atoms with E-state index in [1.54, 1.807) is 13.3 Å². The maximum absolute atomic E-state index is 9.56. The molecule has 0 spiro atoms. The van der Waals surface area contributed by atoms with Crippen molar-refractivity contribution in [3.8, 4) is 0 Å². The first kappa shape index (κ1) is 11.9.